The topological polar surface area (TPSA) is 0 Å². The molecule has 0 saturated carbocycles. The first kappa shape index (κ1) is 41.3. The van der Waals surface area contributed by atoms with E-state index in [1.165, 1.54) is 0 Å². The average molecular weight is 320 g/mol. The quantitative estimate of drug-likeness (QED) is 0.492. The average Bonchev–Trinajstić information content (AvgIpc) is 0. The van der Waals surface area contributed by atoms with Gasteiger partial charge in [0, 0.05) is 83.2 Å². The summed E-state index contributed by atoms with van der Waals surface area (Å²) >= 11 is 0. The van der Waals surface area contributed by atoms with E-state index in [-0.39, 0.29) is 101 Å². The zero-order valence-corrected chi connectivity index (χ0v) is 8.90. The van der Waals surface area contributed by atoms with Gasteiger partial charge in [0.25, 0.3) is 0 Å². The molecule has 0 aromatic rings. The maximum atomic E-state index is 0. The van der Waals surface area contributed by atoms with Gasteiger partial charge in [0.05, 0.1) is 0 Å². The molecule has 0 N–H and O–H groups in total. The van der Waals surface area contributed by atoms with Crippen molar-refractivity contribution in [2.45, 2.75) is 0 Å². The van der Waals surface area contributed by atoms with Gasteiger partial charge in [0.15, 0.2) is 17.4 Å². The summed E-state index contributed by atoms with van der Waals surface area (Å²) in [6, 6.07) is 0. The molecule has 0 atom stereocenters. The van der Waals surface area contributed by atoms with E-state index in [0.717, 1.165) is 0 Å². The Morgan fingerprint density at radius 2 is 1.00 bits per heavy atom. The molecule has 0 saturated heterocycles. The largest absolute Gasteiger partial charge is 0.187 e. The Kier molecular flexibility index (Phi) is 223. The summed E-state index contributed by atoms with van der Waals surface area (Å²) in [4.78, 5) is 0. The zero-order chi connectivity index (χ0) is 0. The number of hydrogen-bond donors (Lipinski definition) is 0. The van der Waals surface area contributed by atoms with Gasteiger partial charge in [-0.15, -0.1) is 0 Å². The van der Waals surface area contributed by atoms with Crippen LogP contribution in [0.25, 0.3) is 0 Å². The first-order valence-corrected chi connectivity index (χ1v) is 0. The third kappa shape index (κ3) is 19.0. The molecule has 0 rings (SSSR count). The monoisotopic (exact) mass is 321 g/mol. The zero-order valence-electron chi connectivity index (χ0n) is 1.76. The Morgan fingerprint density at radius 1 is 1.00 bits per heavy atom. The van der Waals surface area contributed by atoms with Crippen molar-refractivity contribution in [3.63, 3.8) is 0 Å². The summed E-state index contributed by atoms with van der Waals surface area (Å²) in [5.41, 5.74) is 0. The van der Waals surface area contributed by atoms with Crippen molar-refractivity contribution in [3.05, 3.63) is 0 Å². The van der Waals surface area contributed by atoms with Crippen molar-refractivity contribution in [1.82, 2.24) is 0 Å². The standard InChI is InChI=1S/Al.Cr.Mo.V.Zr.3H. The molecule has 0 aromatic heterocycles. The predicted octanol–water partition coefficient (Wildman–Crippen LogP) is -1.19. The van der Waals surface area contributed by atoms with Crippen LogP contribution in [0.15, 0.2) is 0 Å². The summed E-state index contributed by atoms with van der Waals surface area (Å²) in [6.07, 6.45) is 0. The molecule has 1 radical (unpaired) electrons. The molecule has 5 heavy (non-hydrogen) atoms. The summed E-state index contributed by atoms with van der Waals surface area (Å²) in [5, 5.41) is 0. The molecule has 0 heterocycles. The van der Waals surface area contributed by atoms with Crippen molar-refractivity contribution in [3.8, 4) is 0 Å². The number of rotatable bonds is 0. The fourth-order valence-electron chi connectivity index (χ4n) is 0. The van der Waals surface area contributed by atoms with E-state index < -0.39 is 0 Å². The molecule has 0 aromatic carbocycles. The molecule has 0 aliphatic carbocycles. The summed E-state index contributed by atoms with van der Waals surface area (Å²) in [6.45, 7) is 0. The van der Waals surface area contributed by atoms with Crippen molar-refractivity contribution in [2.24, 2.45) is 0 Å². The first-order valence-electron chi connectivity index (χ1n) is 0. The first-order chi connectivity index (χ1) is 0. The van der Waals surface area contributed by atoms with E-state index in [1.54, 1.807) is 0 Å². The van der Waals surface area contributed by atoms with Crippen LogP contribution in [-0.2, 0) is 83.2 Å². The Labute approximate surface area is 98.8 Å². The molecule has 0 aliphatic heterocycles. The minimum atomic E-state index is 0. The van der Waals surface area contributed by atoms with Gasteiger partial charge in [-0.2, -0.15) is 0 Å². The van der Waals surface area contributed by atoms with Gasteiger partial charge < -0.3 is 0 Å². The SMILES string of the molecule is [AlH3].[Cr].[Mo].[V].[Zr]. The van der Waals surface area contributed by atoms with Crippen LogP contribution in [-0.4, -0.2) is 17.4 Å². The van der Waals surface area contributed by atoms with E-state index in [1.807, 2.05) is 0 Å². The molecule has 0 spiro atoms. The predicted molar refractivity (Wildman–Crippen MR) is 9.94 cm³/mol. The van der Waals surface area contributed by atoms with Gasteiger partial charge in [-0.3, -0.25) is 0 Å². The van der Waals surface area contributed by atoms with Gasteiger partial charge in [-0.1, -0.05) is 0 Å². The summed E-state index contributed by atoms with van der Waals surface area (Å²) in [7, 11) is 0. The Hall–Kier alpha value is 3.22. The van der Waals surface area contributed by atoms with Crippen LogP contribution in [0.2, 0.25) is 0 Å². The van der Waals surface area contributed by atoms with Crippen molar-refractivity contribution < 1.29 is 83.2 Å². The molecule has 0 bridgehead atoms. The normalized spacial score (nSPS) is 0. The van der Waals surface area contributed by atoms with Crippen molar-refractivity contribution >= 4 is 17.4 Å². The Balaban J connectivity index is 0. The van der Waals surface area contributed by atoms with Crippen LogP contribution < -0.4 is 0 Å². The minimum Gasteiger partial charge on any atom is 0 e. The van der Waals surface area contributed by atoms with Crippen LogP contribution in [0.5, 0.6) is 0 Å². The Bertz CT molecular complexity index is 11.6. The molecule has 0 nitrogen and oxygen atoms in total. The fourth-order valence-corrected chi connectivity index (χ4v) is 0. The van der Waals surface area contributed by atoms with E-state index in [2.05, 4.69) is 0 Å². The molecule has 0 aliphatic rings. The third-order valence-electron chi connectivity index (χ3n) is 0. The van der Waals surface area contributed by atoms with Gasteiger partial charge in [0.1, 0.15) is 0 Å². The minimum absolute atomic E-state index is 0. The van der Waals surface area contributed by atoms with Crippen LogP contribution in [0.4, 0.5) is 0 Å². The maximum Gasteiger partial charge on any atom is 0.187 e. The van der Waals surface area contributed by atoms with Crippen LogP contribution in [0, 0.1) is 0 Å². The maximum absolute atomic E-state index is 0. The molecule has 27 valence electrons. The van der Waals surface area contributed by atoms with E-state index >= 15 is 0 Å². The van der Waals surface area contributed by atoms with Crippen LogP contribution in [0.1, 0.15) is 0 Å². The van der Waals surface area contributed by atoms with Crippen molar-refractivity contribution in [2.75, 3.05) is 0 Å². The Morgan fingerprint density at radius 3 is 1.00 bits per heavy atom. The smallest absolute Gasteiger partial charge is 0 e. The molecule has 0 fully saturated rings. The molecule has 5 heteroatoms. The van der Waals surface area contributed by atoms with Gasteiger partial charge in [0.2, 0.25) is 0 Å². The molecular formula is H3AlCrMoVZr. The molecule has 0 unspecified atom stereocenters. The fraction of sp³-hybridized carbons (Fsp3) is 0. The second-order valence-corrected chi connectivity index (χ2v) is 0. The summed E-state index contributed by atoms with van der Waals surface area (Å²) in [5.74, 6) is 0. The van der Waals surface area contributed by atoms with E-state index in [4.69, 9.17) is 0 Å². The van der Waals surface area contributed by atoms with E-state index in [0.29, 0.717) is 0 Å². The van der Waals surface area contributed by atoms with Gasteiger partial charge in [-0.25, -0.2) is 0 Å². The second kappa shape index (κ2) is 26.9. The molecular weight excluding hydrogens is 317 g/mol. The second-order valence-electron chi connectivity index (χ2n) is 0. The number of hydrogen-bond acceptors (Lipinski definition) is 0. The van der Waals surface area contributed by atoms with Gasteiger partial charge in [-0.05, 0) is 0 Å². The third-order valence-corrected chi connectivity index (χ3v) is 0. The van der Waals surface area contributed by atoms with E-state index in [9.17, 15) is 0 Å². The van der Waals surface area contributed by atoms with Crippen LogP contribution in [0.3, 0.4) is 0 Å². The van der Waals surface area contributed by atoms with Gasteiger partial charge >= 0.3 is 0 Å². The van der Waals surface area contributed by atoms with Crippen molar-refractivity contribution in [1.29, 1.82) is 0 Å². The van der Waals surface area contributed by atoms with Crippen LogP contribution >= 0.6 is 0 Å². The summed E-state index contributed by atoms with van der Waals surface area (Å²) < 4.78 is 0. The molecule has 0 amide bonds.